The van der Waals surface area contributed by atoms with E-state index >= 15 is 0 Å². The molecule has 14 heavy (non-hydrogen) atoms. The van der Waals surface area contributed by atoms with Crippen molar-refractivity contribution in [2.45, 2.75) is 32.2 Å². The third-order valence-corrected chi connectivity index (χ3v) is 3.44. The molecule has 0 saturated heterocycles. The van der Waals surface area contributed by atoms with Crippen LogP contribution in [0.2, 0.25) is 0 Å². The molecule has 0 aliphatic heterocycles. The Kier molecular flexibility index (Phi) is 2.21. The van der Waals surface area contributed by atoms with Crippen molar-refractivity contribution in [3.8, 4) is 0 Å². The van der Waals surface area contributed by atoms with E-state index in [1.54, 1.807) is 0 Å². The minimum absolute atomic E-state index is 0.0606. The molecule has 3 atom stereocenters. The van der Waals surface area contributed by atoms with E-state index in [0.717, 1.165) is 12.8 Å². The zero-order chi connectivity index (χ0) is 10.3. The molecular weight excluding hydrogens is 182 g/mol. The van der Waals surface area contributed by atoms with Crippen molar-refractivity contribution in [1.29, 1.82) is 0 Å². The average molecular weight is 197 g/mol. The Morgan fingerprint density at radius 2 is 1.93 bits per heavy atom. The van der Waals surface area contributed by atoms with Gasteiger partial charge in [-0.05, 0) is 31.6 Å². The lowest BCUT2D eigenvalue weighted by Crippen LogP contribution is -2.39. The van der Waals surface area contributed by atoms with Crippen LogP contribution in [-0.2, 0) is 9.59 Å². The molecule has 2 aliphatic carbocycles. The van der Waals surface area contributed by atoms with Crippen molar-refractivity contribution in [3.05, 3.63) is 0 Å². The van der Waals surface area contributed by atoms with Crippen LogP contribution in [0.4, 0.5) is 0 Å². The maximum atomic E-state index is 11.6. The number of carboxylic acid groups (broad SMARTS) is 1. The van der Waals surface area contributed by atoms with Gasteiger partial charge in [-0.2, -0.15) is 0 Å². The number of carboxylic acids is 1. The zero-order valence-corrected chi connectivity index (χ0v) is 8.19. The van der Waals surface area contributed by atoms with Crippen molar-refractivity contribution >= 4 is 11.9 Å². The van der Waals surface area contributed by atoms with Crippen LogP contribution in [0.15, 0.2) is 0 Å². The van der Waals surface area contributed by atoms with Crippen LogP contribution in [0.1, 0.15) is 26.2 Å². The number of rotatable bonds is 3. The van der Waals surface area contributed by atoms with E-state index in [1.165, 1.54) is 13.3 Å². The highest BCUT2D eigenvalue weighted by molar-refractivity contribution is 5.87. The monoisotopic (exact) mass is 197 g/mol. The van der Waals surface area contributed by atoms with E-state index in [-0.39, 0.29) is 11.8 Å². The summed E-state index contributed by atoms with van der Waals surface area (Å²) in [5.74, 6) is 0.191. The number of hydrogen-bond acceptors (Lipinski definition) is 2. The lowest BCUT2D eigenvalue weighted by molar-refractivity contribution is -0.141. The highest BCUT2D eigenvalue weighted by Crippen LogP contribution is 2.57. The van der Waals surface area contributed by atoms with Crippen LogP contribution < -0.4 is 5.32 Å². The van der Waals surface area contributed by atoms with Gasteiger partial charge in [0.25, 0.3) is 0 Å². The lowest BCUT2D eigenvalue weighted by atomic mass is 10.1. The number of aliphatic carboxylic acids is 1. The van der Waals surface area contributed by atoms with Crippen LogP contribution in [0.5, 0.6) is 0 Å². The molecule has 0 aromatic rings. The molecule has 0 aromatic carbocycles. The standard InChI is InChI=1S/C10H15NO3/c1-5(10(13)14)11-9(12)8-6-3-2-4-7(6)8/h5-8H,2-4H2,1H3,(H,11,12)(H,13,14)/t5-,6?,7?,8?/m0/s1. The highest BCUT2D eigenvalue weighted by Gasteiger charge is 2.56. The quantitative estimate of drug-likeness (QED) is 0.697. The third-order valence-electron chi connectivity index (χ3n) is 3.44. The first-order valence-electron chi connectivity index (χ1n) is 5.14. The molecule has 2 aliphatic rings. The molecule has 0 bridgehead atoms. The Labute approximate surface area is 82.7 Å². The van der Waals surface area contributed by atoms with E-state index < -0.39 is 12.0 Å². The van der Waals surface area contributed by atoms with Gasteiger partial charge in [0.15, 0.2) is 0 Å². The van der Waals surface area contributed by atoms with Gasteiger partial charge in [0.2, 0.25) is 5.91 Å². The van der Waals surface area contributed by atoms with Crippen LogP contribution in [-0.4, -0.2) is 23.0 Å². The smallest absolute Gasteiger partial charge is 0.325 e. The minimum Gasteiger partial charge on any atom is -0.480 e. The van der Waals surface area contributed by atoms with Gasteiger partial charge in [0.1, 0.15) is 6.04 Å². The maximum Gasteiger partial charge on any atom is 0.325 e. The van der Waals surface area contributed by atoms with Gasteiger partial charge < -0.3 is 10.4 Å². The molecule has 2 fully saturated rings. The van der Waals surface area contributed by atoms with Gasteiger partial charge in [-0.15, -0.1) is 0 Å². The van der Waals surface area contributed by atoms with Gasteiger partial charge in [0.05, 0.1) is 0 Å². The lowest BCUT2D eigenvalue weighted by Gasteiger charge is -2.09. The molecule has 2 rings (SSSR count). The van der Waals surface area contributed by atoms with Crippen molar-refractivity contribution in [1.82, 2.24) is 5.32 Å². The van der Waals surface area contributed by atoms with Gasteiger partial charge in [-0.1, -0.05) is 6.42 Å². The van der Waals surface area contributed by atoms with E-state index in [2.05, 4.69) is 5.32 Å². The molecule has 2 saturated carbocycles. The van der Waals surface area contributed by atoms with E-state index in [4.69, 9.17) is 5.11 Å². The molecular formula is C10H15NO3. The number of carbonyl (C=O) groups is 2. The first-order chi connectivity index (χ1) is 6.61. The van der Waals surface area contributed by atoms with Crippen LogP contribution in [0, 0.1) is 17.8 Å². The maximum absolute atomic E-state index is 11.6. The SMILES string of the molecule is C[C@H](NC(=O)C1C2CCCC21)C(=O)O. The molecule has 4 heteroatoms. The predicted molar refractivity (Wildman–Crippen MR) is 49.6 cm³/mol. The highest BCUT2D eigenvalue weighted by atomic mass is 16.4. The summed E-state index contributed by atoms with van der Waals surface area (Å²) in [6.45, 7) is 1.50. The van der Waals surface area contributed by atoms with Crippen molar-refractivity contribution in [3.63, 3.8) is 0 Å². The van der Waals surface area contributed by atoms with E-state index in [0.29, 0.717) is 11.8 Å². The Hall–Kier alpha value is -1.06. The Bertz CT molecular complexity index is 267. The molecule has 1 amide bonds. The summed E-state index contributed by atoms with van der Waals surface area (Å²) in [6.07, 6.45) is 3.52. The summed E-state index contributed by atoms with van der Waals surface area (Å²) in [7, 11) is 0. The Morgan fingerprint density at radius 3 is 2.43 bits per heavy atom. The van der Waals surface area contributed by atoms with E-state index in [9.17, 15) is 9.59 Å². The summed E-state index contributed by atoms with van der Waals surface area (Å²) >= 11 is 0. The fourth-order valence-corrected chi connectivity index (χ4v) is 2.58. The molecule has 0 radical (unpaired) electrons. The Balaban J connectivity index is 1.83. The first-order valence-corrected chi connectivity index (χ1v) is 5.14. The summed E-state index contributed by atoms with van der Waals surface area (Å²) in [5.41, 5.74) is 0. The second-order valence-corrected chi connectivity index (χ2v) is 4.35. The van der Waals surface area contributed by atoms with Gasteiger partial charge in [-0.25, -0.2) is 0 Å². The number of amides is 1. The number of carbonyl (C=O) groups excluding carboxylic acids is 1. The largest absolute Gasteiger partial charge is 0.480 e. The molecule has 4 nitrogen and oxygen atoms in total. The molecule has 2 N–H and O–H groups in total. The third kappa shape index (κ3) is 1.49. The molecule has 0 aromatic heterocycles. The summed E-state index contributed by atoms with van der Waals surface area (Å²) in [5, 5.41) is 11.2. The number of fused-ring (bicyclic) bond motifs is 1. The number of hydrogen-bond donors (Lipinski definition) is 2. The van der Waals surface area contributed by atoms with E-state index in [1.807, 2.05) is 0 Å². The molecule has 0 heterocycles. The first kappa shape index (κ1) is 9.49. The van der Waals surface area contributed by atoms with Crippen molar-refractivity contribution < 1.29 is 14.7 Å². The fourth-order valence-electron chi connectivity index (χ4n) is 2.58. The summed E-state index contributed by atoms with van der Waals surface area (Å²) in [6, 6.07) is -0.760. The van der Waals surface area contributed by atoms with Crippen LogP contribution in [0.25, 0.3) is 0 Å². The second-order valence-electron chi connectivity index (χ2n) is 4.35. The van der Waals surface area contributed by atoms with Gasteiger partial charge in [0, 0.05) is 5.92 Å². The van der Waals surface area contributed by atoms with Gasteiger partial charge in [-0.3, -0.25) is 9.59 Å². The topological polar surface area (TPSA) is 66.4 Å². The summed E-state index contributed by atoms with van der Waals surface area (Å²) in [4.78, 5) is 22.1. The molecule has 78 valence electrons. The summed E-state index contributed by atoms with van der Waals surface area (Å²) < 4.78 is 0. The minimum atomic E-state index is -0.968. The Morgan fingerprint density at radius 1 is 1.36 bits per heavy atom. The van der Waals surface area contributed by atoms with Crippen LogP contribution in [0.3, 0.4) is 0 Å². The normalized spacial score (nSPS) is 35.9. The van der Waals surface area contributed by atoms with Crippen LogP contribution >= 0.6 is 0 Å². The second kappa shape index (κ2) is 3.26. The number of nitrogens with one attached hydrogen (secondary N) is 1. The van der Waals surface area contributed by atoms with Crippen molar-refractivity contribution in [2.24, 2.45) is 17.8 Å². The fraction of sp³-hybridized carbons (Fsp3) is 0.800. The molecule has 2 unspecified atom stereocenters. The predicted octanol–water partition coefficient (Wildman–Crippen LogP) is 0.622. The zero-order valence-electron chi connectivity index (χ0n) is 8.19. The van der Waals surface area contributed by atoms with Gasteiger partial charge >= 0.3 is 5.97 Å². The average Bonchev–Trinajstić information content (AvgIpc) is 2.61. The van der Waals surface area contributed by atoms with Crippen molar-refractivity contribution in [2.75, 3.05) is 0 Å². The molecule has 0 spiro atoms.